The molecule has 0 aliphatic heterocycles. The first-order chi connectivity index (χ1) is 7.24. The van der Waals surface area contributed by atoms with Crippen molar-refractivity contribution in [2.24, 2.45) is 5.73 Å². The molecule has 78 valence electrons. The van der Waals surface area contributed by atoms with Crippen molar-refractivity contribution in [2.45, 2.75) is 6.04 Å². The van der Waals surface area contributed by atoms with Crippen LogP contribution in [0, 0.1) is 0 Å². The highest BCUT2D eigenvalue weighted by molar-refractivity contribution is 6.32. The van der Waals surface area contributed by atoms with Crippen molar-refractivity contribution in [1.82, 2.24) is 4.98 Å². The predicted molar refractivity (Wildman–Crippen MR) is 60.8 cm³/mol. The highest BCUT2D eigenvalue weighted by Gasteiger charge is 2.13. The predicted octanol–water partition coefficient (Wildman–Crippen LogP) is 1.88. The van der Waals surface area contributed by atoms with Crippen LogP contribution in [0.3, 0.4) is 0 Å². The number of aliphatic hydroxyl groups is 1. The zero-order chi connectivity index (χ0) is 10.8. The quantitative estimate of drug-likeness (QED) is 0.816. The third kappa shape index (κ3) is 1.81. The molecule has 0 aliphatic rings. The number of fused-ring (bicyclic) bond motifs is 1. The number of rotatable bonds is 2. The maximum Gasteiger partial charge on any atom is 0.0765 e. The fourth-order valence-corrected chi connectivity index (χ4v) is 1.88. The van der Waals surface area contributed by atoms with Crippen LogP contribution >= 0.6 is 11.6 Å². The Morgan fingerprint density at radius 3 is 2.93 bits per heavy atom. The molecule has 1 aromatic heterocycles. The van der Waals surface area contributed by atoms with Gasteiger partial charge < -0.3 is 10.8 Å². The summed E-state index contributed by atoms with van der Waals surface area (Å²) in [5.41, 5.74) is 7.25. The van der Waals surface area contributed by atoms with Crippen LogP contribution in [0.2, 0.25) is 5.02 Å². The standard InChI is InChI=1S/C11H11ClN2O/c12-8-4-3-7-2-1-5-14-11(7)10(8)9(13)6-15/h1-5,9,15H,6,13H2. The smallest absolute Gasteiger partial charge is 0.0765 e. The number of pyridine rings is 1. The van der Waals surface area contributed by atoms with Gasteiger partial charge in [0.05, 0.1) is 18.2 Å². The molecule has 0 saturated heterocycles. The first-order valence-corrected chi connectivity index (χ1v) is 5.01. The number of aliphatic hydroxyl groups excluding tert-OH is 1. The third-order valence-corrected chi connectivity index (χ3v) is 2.66. The summed E-state index contributed by atoms with van der Waals surface area (Å²) in [6.45, 7) is -0.143. The van der Waals surface area contributed by atoms with E-state index in [1.165, 1.54) is 0 Å². The highest BCUT2D eigenvalue weighted by atomic mass is 35.5. The van der Waals surface area contributed by atoms with Gasteiger partial charge in [0.25, 0.3) is 0 Å². The van der Waals surface area contributed by atoms with Crippen LogP contribution in [0.5, 0.6) is 0 Å². The number of nitrogens with two attached hydrogens (primary N) is 1. The van der Waals surface area contributed by atoms with Crippen LogP contribution in [-0.2, 0) is 0 Å². The fraction of sp³-hybridized carbons (Fsp3) is 0.182. The molecular weight excluding hydrogens is 212 g/mol. The largest absolute Gasteiger partial charge is 0.394 e. The summed E-state index contributed by atoms with van der Waals surface area (Å²) in [6.07, 6.45) is 1.69. The lowest BCUT2D eigenvalue weighted by Gasteiger charge is -2.13. The van der Waals surface area contributed by atoms with Gasteiger partial charge in [-0.25, -0.2) is 0 Å². The van der Waals surface area contributed by atoms with E-state index >= 15 is 0 Å². The molecule has 0 saturated carbocycles. The Morgan fingerprint density at radius 1 is 1.40 bits per heavy atom. The molecule has 0 bridgehead atoms. The van der Waals surface area contributed by atoms with Crippen LogP contribution < -0.4 is 5.73 Å². The molecule has 0 radical (unpaired) electrons. The van der Waals surface area contributed by atoms with Gasteiger partial charge in [0, 0.05) is 22.2 Å². The molecule has 3 nitrogen and oxygen atoms in total. The number of aromatic nitrogens is 1. The summed E-state index contributed by atoms with van der Waals surface area (Å²) in [5.74, 6) is 0. The van der Waals surface area contributed by atoms with Gasteiger partial charge in [-0.2, -0.15) is 0 Å². The second kappa shape index (κ2) is 4.14. The molecule has 0 fully saturated rings. The lowest BCUT2D eigenvalue weighted by Crippen LogP contribution is -2.15. The monoisotopic (exact) mass is 222 g/mol. The number of benzene rings is 1. The first-order valence-electron chi connectivity index (χ1n) is 4.63. The molecule has 0 amide bonds. The zero-order valence-corrected chi connectivity index (χ0v) is 8.78. The van der Waals surface area contributed by atoms with Gasteiger partial charge in [-0.15, -0.1) is 0 Å². The molecular formula is C11H11ClN2O. The van der Waals surface area contributed by atoms with Crippen LogP contribution in [0.1, 0.15) is 11.6 Å². The normalized spacial score (nSPS) is 13.0. The van der Waals surface area contributed by atoms with Crippen molar-refractivity contribution in [3.05, 3.63) is 41.0 Å². The van der Waals surface area contributed by atoms with Crippen LogP contribution in [0.25, 0.3) is 10.9 Å². The van der Waals surface area contributed by atoms with Gasteiger partial charge >= 0.3 is 0 Å². The van der Waals surface area contributed by atoms with E-state index in [4.69, 9.17) is 22.4 Å². The molecule has 1 atom stereocenters. The molecule has 1 aromatic carbocycles. The van der Waals surface area contributed by atoms with Gasteiger partial charge in [0.2, 0.25) is 0 Å². The molecule has 0 aliphatic carbocycles. The summed E-state index contributed by atoms with van der Waals surface area (Å²) < 4.78 is 0. The van der Waals surface area contributed by atoms with E-state index in [-0.39, 0.29) is 6.61 Å². The van der Waals surface area contributed by atoms with Crippen molar-refractivity contribution in [3.8, 4) is 0 Å². The minimum Gasteiger partial charge on any atom is -0.394 e. The Bertz CT molecular complexity index is 487. The van der Waals surface area contributed by atoms with Crippen LogP contribution in [-0.4, -0.2) is 16.7 Å². The van der Waals surface area contributed by atoms with E-state index < -0.39 is 6.04 Å². The number of hydrogen-bond donors (Lipinski definition) is 2. The molecule has 1 heterocycles. The summed E-state index contributed by atoms with van der Waals surface area (Å²) in [7, 11) is 0. The Morgan fingerprint density at radius 2 is 2.20 bits per heavy atom. The molecule has 0 spiro atoms. The average molecular weight is 223 g/mol. The van der Waals surface area contributed by atoms with E-state index in [0.29, 0.717) is 10.6 Å². The Balaban J connectivity index is 2.74. The van der Waals surface area contributed by atoms with Crippen molar-refractivity contribution in [1.29, 1.82) is 0 Å². The molecule has 2 aromatic rings. The number of halogens is 1. The first kappa shape index (κ1) is 10.4. The molecule has 4 heteroatoms. The van der Waals surface area contributed by atoms with Crippen molar-refractivity contribution in [3.63, 3.8) is 0 Å². The van der Waals surface area contributed by atoms with E-state index in [2.05, 4.69) is 4.98 Å². The number of hydrogen-bond acceptors (Lipinski definition) is 3. The lowest BCUT2D eigenvalue weighted by atomic mass is 10.0. The van der Waals surface area contributed by atoms with Gasteiger partial charge in [-0.1, -0.05) is 23.7 Å². The molecule has 15 heavy (non-hydrogen) atoms. The fourth-order valence-electron chi connectivity index (χ4n) is 1.59. The maximum absolute atomic E-state index is 9.06. The highest BCUT2D eigenvalue weighted by Crippen LogP contribution is 2.28. The molecule has 3 N–H and O–H groups in total. The molecule has 2 rings (SSSR count). The van der Waals surface area contributed by atoms with E-state index in [1.807, 2.05) is 18.2 Å². The van der Waals surface area contributed by atoms with E-state index in [0.717, 1.165) is 10.9 Å². The minimum atomic E-state index is -0.490. The minimum absolute atomic E-state index is 0.143. The topological polar surface area (TPSA) is 59.1 Å². The number of nitrogens with zero attached hydrogens (tertiary/aromatic N) is 1. The summed E-state index contributed by atoms with van der Waals surface area (Å²) in [4.78, 5) is 4.24. The second-order valence-corrected chi connectivity index (χ2v) is 3.73. The second-order valence-electron chi connectivity index (χ2n) is 3.33. The Kier molecular flexibility index (Phi) is 2.86. The zero-order valence-electron chi connectivity index (χ0n) is 8.02. The SMILES string of the molecule is NC(CO)c1c(Cl)ccc2cccnc12. The van der Waals surface area contributed by atoms with Gasteiger partial charge in [0.15, 0.2) is 0 Å². The van der Waals surface area contributed by atoms with Crippen molar-refractivity contribution >= 4 is 22.5 Å². The van der Waals surface area contributed by atoms with Gasteiger partial charge in [-0.05, 0) is 12.1 Å². The Labute approximate surface area is 92.5 Å². The lowest BCUT2D eigenvalue weighted by molar-refractivity contribution is 0.268. The van der Waals surface area contributed by atoms with Gasteiger partial charge in [-0.3, -0.25) is 4.98 Å². The van der Waals surface area contributed by atoms with E-state index in [9.17, 15) is 0 Å². The maximum atomic E-state index is 9.06. The molecule has 1 unspecified atom stereocenters. The third-order valence-electron chi connectivity index (χ3n) is 2.33. The van der Waals surface area contributed by atoms with Crippen molar-refractivity contribution < 1.29 is 5.11 Å². The summed E-state index contributed by atoms with van der Waals surface area (Å²) in [6, 6.07) is 6.96. The Hall–Kier alpha value is -1.16. The van der Waals surface area contributed by atoms with Crippen LogP contribution in [0.15, 0.2) is 30.5 Å². The average Bonchev–Trinajstić information content (AvgIpc) is 2.28. The van der Waals surface area contributed by atoms with Crippen LogP contribution in [0.4, 0.5) is 0 Å². The summed E-state index contributed by atoms with van der Waals surface area (Å²) >= 11 is 6.05. The van der Waals surface area contributed by atoms with Gasteiger partial charge in [0.1, 0.15) is 0 Å². The van der Waals surface area contributed by atoms with Crippen molar-refractivity contribution in [2.75, 3.05) is 6.61 Å². The summed E-state index contributed by atoms with van der Waals surface area (Å²) in [5, 5.41) is 10.6. The van der Waals surface area contributed by atoms with E-state index in [1.54, 1.807) is 12.3 Å².